The van der Waals surface area contributed by atoms with Gasteiger partial charge in [0.25, 0.3) is 0 Å². The van der Waals surface area contributed by atoms with Crippen molar-refractivity contribution in [2.75, 3.05) is 13.3 Å². The van der Waals surface area contributed by atoms with Gasteiger partial charge in [-0.15, -0.1) is 11.3 Å². The minimum Gasteiger partial charge on any atom is -0.480 e. The number of aliphatic carboxylic acids is 1. The van der Waals surface area contributed by atoms with Crippen LogP contribution in [0.4, 0.5) is 8.78 Å². The number of nitrogens with zero attached hydrogens (tertiary/aromatic N) is 5. The van der Waals surface area contributed by atoms with Crippen LogP contribution in [-0.4, -0.2) is 60.0 Å². The molecule has 0 aliphatic carbocycles. The van der Waals surface area contributed by atoms with Gasteiger partial charge in [0.1, 0.15) is 35.9 Å². The van der Waals surface area contributed by atoms with Gasteiger partial charge in [-0.1, -0.05) is 31.5 Å². The van der Waals surface area contributed by atoms with Gasteiger partial charge in [-0.3, -0.25) is 9.32 Å². The van der Waals surface area contributed by atoms with Crippen molar-refractivity contribution < 1.29 is 42.3 Å². The van der Waals surface area contributed by atoms with Crippen molar-refractivity contribution in [3.8, 4) is 17.3 Å². The zero-order chi connectivity index (χ0) is 34.6. The Hall–Kier alpha value is -3.98. The van der Waals surface area contributed by atoms with Crippen molar-refractivity contribution in [2.45, 2.75) is 50.3 Å². The third-order valence-electron chi connectivity index (χ3n) is 6.98. The van der Waals surface area contributed by atoms with Crippen LogP contribution in [0.25, 0.3) is 11.3 Å². The lowest BCUT2D eigenvalue weighted by Crippen LogP contribution is -2.41. The van der Waals surface area contributed by atoms with Crippen LogP contribution in [0.2, 0.25) is 0 Å². The number of phosphoric acid groups is 1. The fourth-order valence-corrected chi connectivity index (χ4v) is 5.61. The Morgan fingerprint density at radius 2 is 1.94 bits per heavy atom. The van der Waals surface area contributed by atoms with Gasteiger partial charge >= 0.3 is 13.8 Å². The number of halogens is 2. The minimum atomic E-state index is -4.93. The molecule has 1 unspecified atom stereocenters. The summed E-state index contributed by atoms with van der Waals surface area (Å²) >= 11 is 1.25. The standard InChI is InChI=1S/C23H20F2N5O5PS.C6H14N2O2/c1-15(22-29-21(10-37-22)17-4-2-16(9-26)3-5-17)23(11-30-13-27-12-28-30,34-14-35-36(31,32)33)19-7-6-18(24)8-20(19)25;7-4-2-1-3-5(8)6(9)10/h2-8,10,12-13,15H,11,14H2,1H3,(H2,31,32,33);5H,1-4,7-8H2,(H,9,10)/t15-,23+;/m0./s1. The van der Waals surface area contributed by atoms with E-state index in [1.807, 2.05) is 0 Å². The predicted octanol–water partition coefficient (Wildman–Crippen LogP) is 3.86. The summed E-state index contributed by atoms with van der Waals surface area (Å²) in [6, 6.07) is 11.1. The smallest absolute Gasteiger partial charge is 0.471 e. The summed E-state index contributed by atoms with van der Waals surface area (Å²) in [6.45, 7) is 1.21. The van der Waals surface area contributed by atoms with Crippen LogP contribution >= 0.6 is 19.2 Å². The van der Waals surface area contributed by atoms with Crippen molar-refractivity contribution in [1.29, 1.82) is 5.26 Å². The van der Waals surface area contributed by atoms with Gasteiger partial charge in [0, 0.05) is 28.5 Å². The minimum absolute atomic E-state index is 0.0960. The lowest BCUT2D eigenvalue weighted by molar-refractivity contribution is -0.140. The number of hydrogen-bond acceptors (Lipinski definition) is 11. The molecule has 3 atom stereocenters. The number of carboxylic acids is 1. The zero-order valence-electron chi connectivity index (χ0n) is 25.1. The first kappa shape index (κ1) is 37.5. The second-order valence-corrected chi connectivity index (χ2v) is 12.3. The number of benzene rings is 2. The van der Waals surface area contributed by atoms with Crippen LogP contribution in [0.15, 0.2) is 60.5 Å². The third kappa shape index (κ3) is 10.8. The number of carboxylic acid groups (broad SMARTS) is 1. The molecule has 0 amide bonds. The van der Waals surface area contributed by atoms with Crippen LogP contribution in [-0.2, 0) is 30.8 Å². The summed E-state index contributed by atoms with van der Waals surface area (Å²) < 4.78 is 52.2. The van der Waals surface area contributed by atoms with Gasteiger partial charge in [0.2, 0.25) is 0 Å². The number of nitriles is 1. The number of hydrogen-bond donors (Lipinski definition) is 5. The van der Waals surface area contributed by atoms with E-state index in [2.05, 4.69) is 25.7 Å². The Balaban J connectivity index is 0.000000520. The molecule has 0 fully saturated rings. The molecule has 2 heterocycles. The summed E-state index contributed by atoms with van der Waals surface area (Å²) in [5.41, 5.74) is 10.4. The van der Waals surface area contributed by atoms with E-state index in [0.29, 0.717) is 35.3 Å². The fourth-order valence-electron chi connectivity index (χ4n) is 4.46. The average Bonchev–Trinajstić information content (AvgIpc) is 3.73. The monoisotopic (exact) mass is 693 g/mol. The van der Waals surface area contributed by atoms with Crippen LogP contribution in [0.3, 0.4) is 0 Å². The number of carbonyl (C=O) groups is 1. The molecule has 0 saturated heterocycles. The number of nitrogens with two attached hydrogens (primary N) is 2. The normalized spacial score (nSPS) is 13.9. The number of thiazole rings is 1. The maximum atomic E-state index is 15.2. The van der Waals surface area contributed by atoms with Gasteiger partial charge in [-0.2, -0.15) is 10.4 Å². The number of rotatable bonds is 15. The van der Waals surface area contributed by atoms with Crippen LogP contribution in [0.1, 0.15) is 48.2 Å². The molecule has 0 aliphatic heterocycles. The molecule has 14 nitrogen and oxygen atoms in total. The number of phosphoric ester groups is 1. The van der Waals surface area contributed by atoms with Crippen molar-refractivity contribution in [3.63, 3.8) is 0 Å². The highest BCUT2D eigenvalue weighted by Gasteiger charge is 2.45. The molecule has 252 valence electrons. The Bertz CT molecular complexity index is 1680. The molecule has 0 radical (unpaired) electrons. The zero-order valence-corrected chi connectivity index (χ0v) is 26.9. The van der Waals surface area contributed by atoms with Crippen LogP contribution in [0, 0.1) is 23.0 Å². The second-order valence-electron chi connectivity index (χ2n) is 10.2. The molecule has 4 aromatic rings. The number of ether oxygens (including phenoxy) is 1. The fraction of sp³-hybridized carbons (Fsp3) is 0.345. The Kier molecular flexibility index (Phi) is 13.8. The molecule has 47 heavy (non-hydrogen) atoms. The summed E-state index contributed by atoms with van der Waals surface area (Å²) in [5.74, 6) is -3.44. The molecule has 0 saturated carbocycles. The summed E-state index contributed by atoms with van der Waals surface area (Å²) in [7, 11) is -4.93. The van der Waals surface area contributed by atoms with Crippen molar-refractivity contribution in [2.24, 2.45) is 11.5 Å². The highest BCUT2D eigenvalue weighted by atomic mass is 32.1. The van der Waals surface area contributed by atoms with Gasteiger partial charge in [0.05, 0.1) is 28.9 Å². The lowest BCUT2D eigenvalue weighted by Gasteiger charge is -2.38. The summed E-state index contributed by atoms with van der Waals surface area (Å²) in [6.07, 6.45) is 4.78. The first-order valence-electron chi connectivity index (χ1n) is 14.1. The summed E-state index contributed by atoms with van der Waals surface area (Å²) in [5, 5.41) is 23.7. The third-order valence-corrected chi connectivity index (χ3v) is 8.45. The van der Waals surface area contributed by atoms with E-state index in [9.17, 15) is 23.5 Å². The second kappa shape index (κ2) is 17.3. The molecule has 2 aromatic carbocycles. The van der Waals surface area contributed by atoms with Crippen LogP contribution in [0.5, 0.6) is 0 Å². The largest absolute Gasteiger partial charge is 0.480 e. The molecule has 4 rings (SSSR count). The maximum Gasteiger partial charge on any atom is 0.471 e. The van der Waals surface area contributed by atoms with E-state index < -0.39 is 49.8 Å². The first-order chi connectivity index (χ1) is 22.3. The Morgan fingerprint density at radius 3 is 2.51 bits per heavy atom. The Labute approximate surface area is 272 Å². The van der Waals surface area contributed by atoms with Crippen LogP contribution < -0.4 is 11.5 Å². The van der Waals surface area contributed by atoms with E-state index in [1.165, 1.54) is 34.7 Å². The van der Waals surface area contributed by atoms with Gasteiger partial charge in [0.15, 0.2) is 6.79 Å². The van der Waals surface area contributed by atoms with Gasteiger partial charge < -0.3 is 31.1 Å². The molecule has 0 spiro atoms. The molecule has 0 bridgehead atoms. The molecular formula is C29H34F2N7O7PS. The molecule has 2 aromatic heterocycles. The highest BCUT2D eigenvalue weighted by molar-refractivity contribution is 7.46. The topological polar surface area (TPSA) is 233 Å². The summed E-state index contributed by atoms with van der Waals surface area (Å²) in [4.78, 5) is 37.1. The van der Waals surface area contributed by atoms with E-state index in [-0.39, 0.29) is 12.1 Å². The molecule has 7 N–H and O–H groups in total. The van der Waals surface area contributed by atoms with E-state index in [1.54, 1.807) is 36.6 Å². The number of unbranched alkanes of at least 4 members (excludes halogenated alkanes) is 1. The van der Waals surface area contributed by atoms with Gasteiger partial charge in [-0.25, -0.2) is 28.0 Å². The highest BCUT2D eigenvalue weighted by Crippen LogP contribution is 2.46. The molecule has 18 heteroatoms. The van der Waals surface area contributed by atoms with Crippen molar-refractivity contribution >= 4 is 25.1 Å². The number of aromatic nitrogens is 4. The van der Waals surface area contributed by atoms with Crippen molar-refractivity contribution in [1.82, 2.24) is 19.7 Å². The Morgan fingerprint density at radius 1 is 1.21 bits per heavy atom. The van der Waals surface area contributed by atoms with E-state index >= 15 is 4.39 Å². The first-order valence-corrected chi connectivity index (χ1v) is 16.5. The molecule has 0 aliphatic rings. The SMILES string of the molecule is C[C@@H](c1nc(-c2ccc(C#N)cc2)cs1)[C@@](Cn1cncn1)(OCOP(=O)(O)O)c1ccc(F)cc1F.NCCCCC(N)C(=O)O. The van der Waals surface area contributed by atoms with Crippen molar-refractivity contribution in [3.05, 3.63) is 88.3 Å². The van der Waals surface area contributed by atoms with Gasteiger partial charge in [-0.05, 0) is 37.6 Å². The quantitative estimate of drug-likeness (QED) is 0.0677. The lowest BCUT2D eigenvalue weighted by atomic mass is 9.81. The van der Waals surface area contributed by atoms with E-state index in [0.717, 1.165) is 24.5 Å². The molecular weight excluding hydrogens is 659 g/mol. The van der Waals surface area contributed by atoms with E-state index in [4.69, 9.17) is 26.6 Å². The average molecular weight is 694 g/mol. The maximum absolute atomic E-state index is 15.2. The predicted molar refractivity (Wildman–Crippen MR) is 166 cm³/mol.